The van der Waals surface area contributed by atoms with E-state index in [4.69, 9.17) is 38.9 Å². The Labute approximate surface area is 389 Å². The van der Waals surface area contributed by atoms with E-state index in [1.807, 2.05) is 18.3 Å². The summed E-state index contributed by atoms with van der Waals surface area (Å²) in [7, 11) is 0. The van der Waals surface area contributed by atoms with Crippen LogP contribution in [0.15, 0.2) is 66.9 Å². The average molecular weight is 928 g/mol. The second kappa shape index (κ2) is 25.5. The van der Waals surface area contributed by atoms with Crippen molar-refractivity contribution in [2.24, 2.45) is 5.73 Å². The SMILES string of the molecule is NC(=O)c1cccc2cn(-c3ccc([C@@H]4CCCN(CCOCCOCCOCCOCCOCCOCCOCCNc5cccc6c5C(=O)N(C5CCC(=O)NC5=O)C6=O)C4)cc3)nc12. The van der Waals surface area contributed by atoms with Crippen LogP contribution in [0.25, 0.3) is 16.6 Å². The Hall–Kier alpha value is -5.64. The molecule has 0 bridgehead atoms. The lowest BCUT2D eigenvalue weighted by atomic mass is 9.90. The highest BCUT2D eigenvalue weighted by Crippen LogP contribution is 2.32. The van der Waals surface area contributed by atoms with Crippen molar-refractivity contribution in [3.05, 3.63) is 89.1 Å². The summed E-state index contributed by atoms with van der Waals surface area (Å²) in [5.74, 6) is -2.20. The number of carbonyl (C=O) groups is 5. The van der Waals surface area contributed by atoms with Gasteiger partial charge in [-0.3, -0.25) is 34.2 Å². The average Bonchev–Trinajstić information content (AvgIpc) is 3.89. The van der Waals surface area contributed by atoms with Crippen LogP contribution in [-0.4, -0.2) is 174 Å². The number of rotatable bonds is 29. The number of hydrogen-bond acceptors (Lipinski definition) is 15. The molecule has 19 heteroatoms. The number of nitrogens with zero attached hydrogens (tertiary/aromatic N) is 4. The first-order chi connectivity index (χ1) is 32.8. The largest absolute Gasteiger partial charge is 0.382 e. The molecule has 0 spiro atoms. The molecule has 67 heavy (non-hydrogen) atoms. The van der Waals surface area contributed by atoms with E-state index in [1.54, 1.807) is 28.9 Å². The Morgan fingerprint density at radius 3 is 1.96 bits per heavy atom. The number of nitrogens with one attached hydrogen (secondary N) is 2. The standard InChI is InChI=1S/C48H61N7O12/c49-45(57)39-7-1-4-36-33-54(52-44(36)39)37-11-9-34(10-12-37)35-5-3-16-53(32-35)17-19-62-21-23-64-25-27-66-29-31-67-30-28-65-26-24-63-22-20-61-18-15-50-40-8-2-6-38-43(40)48(60)55(47(38)59)41-13-14-42(56)51-46(41)58/h1-2,4,6-12,33,35,41,50H,3,5,13-32H2,(H2,49,57)(H,51,56,58)/t35-,41?/m1/s1. The Bertz CT molecular complexity index is 2290. The van der Waals surface area contributed by atoms with Crippen LogP contribution in [0, 0.1) is 0 Å². The summed E-state index contributed by atoms with van der Waals surface area (Å²) in [6, 6.07) is 17.9. The Morgan fingerprint density at radius 2 is 1.33 bits per heavy atom. The maximum absolute atomic E-state index is 13.2. The maximum atomic E-state index is 13.2. The van der Waals surface area contributed by atoms with Gasteiger partial charge in [-0.05, 0) is 67.6 Å². The summed E-state index contributed by atoms with van der Waals surface area (Å²) in [5.41, 5.74) is 9.72. The molecule has 0 saturated carbocycles. The van der Waals surface area contributed by atoms with Gasteiger partial charge in [-0.25, -0.2) is 4.68 Å². The van der Waals surface area contributed by atoms with Gasteiger partial charge in [-0.15, -0.1) is 0 Å². The molecule has 360 valence electrons. The molecule has 2 fully saturated rings. The molecule has 19 nitrogen and oxygen atoms in total. The third-order valence-corrected chi connectivity index (χ3v) is 11.8. The normalized spacial score (nSPS) is 17.6. The van der Waals surface area contributed by atoms with Crippen molar-refractivity contribution < 1.29 is 57.1 Å². The summed E-state index contributed by atoms with van der Waals surface area (Å²) in [6.45, 7) is 9.75. The number of anilines is 1. The monoisotopic (exact) mass is 927 g/mol. The minimum absolute atomic E-state index is 0.0632. The smallest absolute Gasteiger partial charge is 0.264 e. The van der Waals surface area contributed by atoms with Crippen molar-refractivity contribution in [1.82, 2.24) is 24.9 Å². The zero-order valence-electron chi connectivity index (χ0n) is 37.8. The first-order valence-electron chi connectivity index (χ1n) is 23.0. The lowest BCUT2D eigenvalue weighted by Crippen LogP contribution is -2.54. The molecule has 1 aromatic heterocycles. The number of imide groups is 2. The number of ether oxygens (including phenoxy) is 7. The quantitative estimate of drug-likeness (QED) is 0.0526. The minimum atomic E-state index is -1.01. The van der Waals surface area contributed by atoms with Crippen LogP contribution in [-0.2, 0) is 42.7 Å². The zero-order chi connectivity index (χ0) is 46.8. The van der Waals surface area contributed by atoms with E-state index < -0.39 is 35.6 Å². The lowest BCUT2D eigenvalue weighted by molar-refractivity contribution is -0.136. The molecule has 3 aliphatic rings. The molecule has 4 N–H and O–H groups in total. The highest BCUT2D eigenvalue weighted by atomic mass is 16.6. The molecule has 3 aliphatic heterocycles. The van der Waals surface area contributed by atoms with E-state index in [0.717, 1.165) is 48.4 Å². The molecule has 1 unspecified atom stereocenters. The van der Waals surface area contributed by atoms with Crippen molar-refractivity contribution in [1.29, 1.82) is 0 Å². The number of benzene rings is 3. The fraction of sp³-hybridized carbons (Fsp3) is 0.500. The van der Waals surface area contributed by atoms with Gasteiger partial charge in [0.15, 0.2) is 0 Å². The van der Waals surface area contributed by atoms with Crippen LogP contribution < -0.4 is 16.4 Å². The van der Waals surface area contributed by atoms with Crippen LogP contribution in [0.4, 0.5) is 5.69 Å². The summed E-state index contributed by atoms with van der Waals surface area (Å²) in [6.07, 6.45) is 4.38. The van der Waals surface area contributed by atoms with Crippen molar-refractivity contribution in [2.75, 3.05) is 124 Å². The summed E-state index contributed by atoms with van der Waals surface area (Å²) in [4.78, 5) is 65.3. The van der Waals surface area contributed by atoms with E-state index in [-0.39, 0.29) is 24.0 Å². The van der Waals surface area contributed by atoms with Gasteiger partial charge in [0, 0.05) is 43.3 Å². The topological polar surface area (TPSA) is 224 Å². The number of fused-ring (bicyclic) bond motifs is 2. The molecule has 0 radical (unpaired) electrons. The fourth-order valence-corrected chi connectivity index (χ4v) is 8.34. The molecule has 7 rings (SSSR count). The number of carbonyl (C=O) groups excluding carboxylic acids is 5. The van der Waals surface area contributed by atoms with E-state index in [9.17, 15) is 24.0 Å². The number of primary amides is 1. The number of hydrogen-bond donors (Lipinski definition) is 3. The van der Waals surface area contributed by atoms with Gasteiger partial charge in [-0.1, -0.05) is 30.3 Å². The Morgan fingerprint density at radius 1 is 0.716 bits per heavy atom. The molecular formula is C48H61N7O12. The van der Waals surface area contributed by atoms with Crippen LogP contribution in [0.3, 0.4) is 0 Å². The zero-order valence-corrected chi connectivity index (χ0v) is 37.8. The van der Waals surface area contributed by atoms with E-state index >= 15 is 0 Å². The summed E-state index contributed by atoms with van der Waals surface area (Å²) in [5, 5.41) is 10.8. The van der Waals surface area contributed by atoms with Gasteiger partial charge in [0.2, 0.25) is 11.8 Å². The molecule has 4 aromatic rings. The summed E-state index contributed by atoms with van der Waals surface area (Å²) >= 11 is 0. The Kier molecular flexibility index (Phi) is 18.7. The molecule has 0 aliphatic carbocycles. The molecule has 4 heterocycles. The van der Waals surface area contributed by atoms with Crippen LogP contribution >= 0.6 is 0 Å². The number of nitrogens with two attached hydrogens (primary N) is 1. The number of amides is 5. The number of piperidine rings is 2. The van der Waals surface area contributed by atoms with Gasteiger partial charge in [0.25, 0.3) is 17.7 Å². The van der Waals surface area contributed by atoms with Gasteiger partial charge in [-0.2, -0.15) is 5.10 Å². The molecule has 3 aromatic carbocycles. The van der Waals surface area contributed by atoms with Crippen LogP contribution in [0.5, 0.6) is 0 Å². The second-order valence-electron chi connectivity index (χ2n) is 16.3. The van der Waals surface area contributed by atoms with E-state index in [0.29, 0.717) is 122 Å². The highest BCUT2D eigenvalue weighted by Gasteiger charge is 2.45. The van der Waals surface area contributed by atoms with Crippen LogP contribution in [0.2, 0.25) is 0 Å². The molecule has 2 atom stereocenters. The maximum Gasteiger partial charge on any atom is 0.264 e. The minimum Gasteiger partial charge on any atom is -0.382 e. The van der Waals surface area contributed by atoms with Gasteiger partial charge >= 0.3 is 0 Å². The summed E-state index contributed by atoms with van der Waals surface area (Å²) < 4.78 is 41.2. The van der Waals surface area contributed by atoms with E-state index in [1.165, 1.54) is 5.56 Å². The van der Waals surface area contributed by atoms with Crippen molar-refractivity contribution >= 4 is 46.1 Å². The first kappa shape index (κ1) is 49.3. The highest BCUT2D eigenvalue weighted by molar-refractivity contribution is 6.25. The third kappa shape index (κ3) is 13.7. The molecular weight excluding hydrogens is 867 g/mol. The second-order valence-corrected chi connectivity index (χ2v) is 16.3. The van der Waals surface area contributed by atoms with Gasteiger partial charge in [0.05, 0.1) is 115 Å². The predicted octanol–water partition coefficient (Wildman–Crippen LogP) is 2.93. The third-order valence-electron chi connectivity index (χ3n) is 11.8. The predicted molar refractivity (Wildman–Crippen MR) is 245 cm³/mol. The van der Waals surface area contributed by atoms with Crippen molar-refractivity contribution in [3.8, 4) is 5.69 Å². The van der Waals surface area contributed by atoms with E-state index in [2.05, 4.69) is 44.9 Å². The fourth-order valence-electron chi connectivity index (χ4n) is 8.34. The molecule has 2 saturated heterocycles. The van der Waals surface area contributed by atoms with Crippen LogP contribution in [0.1, 0.15) is 68.2 Å². The molecule has 5 amide bonds. The lowest BCUT2D eigenvalue weighted by Gasteiger charge is -2.33. The number of likely N-dealkylation sites (tertiary alicyclic amines) is 1. The number of aromatic nitrogens is 2. The van der Waals surface area contributed by atoms with Gasteiger partial charge < -0.3 is 49.1 Å². The van der Waals surface area contributed by atoms with Gasteiger partial charge in [0.1, 0.15) is 11.6 Å². The van der Waals surface area contributed by atoms with Crippen molar-refractivity contribution in [2.45, 2.75) is 37.6 Å². The first-order valence-corrected chi connectivity index (χ1v) is 23.0. The Balaban J connectivity index is 0.620. The van der Waals surface area contributed by atoms with Crippen molar-refractivity contribution in [3.63, 3.8) is 0 Å².